The quantitative estimate of drug-likeness (QED) is 0.475. The molecule has 0 aromatic carbocycles. The van der Waals surface area contributed by atoms with Crippen molar-refractivity contribution in [3.05, 3.63) is 41.3 Å². The van der Waals surface area contributed by atoms with E-state index >= 15 is 0 Å². The number of carbonyl (C=O) groups excluding carboxylic acids is 2. The van der Waals surface area contributed by atoms with Gasteiger partial charge in [-0.15, -0.1) is 0 Å². The van der Waals surface area contributed by atoms with Gasteiger partial charge in [0.1, 0.15) is 11.6 Å². The van der Waals surface area contributed by atoms with E-state index in [4.69, 9.17) is 14.6 Å². The molecule has 1 N–H and O–H groups in total. The minimum atomic E-state index is -2.49. The van der Waals surface area contributed by atoms with E-state index in [1.807, 2.05) is 13.8 Å². The molecule has 1 amide bonds. The molecule has 34 heavy (non-hydrogen) atoms. The number of aryl methyl sites for hydroxylation is 1. The highest BCUT2D eigenvalue weighted by Crippen LogP contribution is 2.38. The first-order valence-electron chi connectivity index (χ1n) is 11.8. The maximum absolute atomic E-state index is 12.9. The molecule has 2 aliphatic heterocycles. The van der Waals surface area contributed by atoms with E-state index in [1.165, 1.54) is 12.2 Å². The van der Waals surface area contributed by atoms with Crippen LogP contribution in [0.15, 0.2) is 24.3 Å². The van der Waals surface area contributed by atoms with Gasteiger partial charge in [0.05, 0.1) is 17.2 Å². The van der Waals surface area contributed by atoms with Crippen molar-refractivity contribution in [3.63, 3.8) is 0 Å². The minimum absolute atomic E-state index is 0.0000616. The van der Waals surface area contributed by atoms with E-state index in [0.717, 1.165) is 30.5 Å². The molecule has 3 aliphatic rings. The largest absolute Gasteiger partial charge is 0.465 e. The van der Waals surface area contributed by atoms with Gasteiger partial charge >= 0.3 is 5.97 Å². The molecular formula is C24H31N3O6S. The van der Waals surface area contributed by atoms with E-state index in [2.05, 4.69) is 5.32 Å². The van der Waals surface area contributed by atoms with E-state index in [0.29, 0.717) is 38.4 Å². The highest BCUT2D eigenvalue weighted by Gasteiger charge is 2.39. The third-order valence-electron chi connectivity index (χ3n) is 6.86. The molecule has 0 radical (unpaired) electrons. The molecule has 0 saturated carbocycles. The average Bonchev–Trinajstić information content (AvgIpc) is 3.10. The smallest absolute Gasteiger partial charge is 0.318 e. The normalized spacial score (nSPS) is 22.1. The Morgan fingerprint density at radius 2 is 2.12 bits per heavy atom. The maximum atomic E-state index is 12.9. The highest BCUT2D eigenvalue weighted by atomic mass is 32.2. The first-order valence-corrected chi connectivity index (χ1v) is 12.8. The van der Waals surface area contributed by atoms with Gasteiger partial charge in [0, 0.05) is 31.9 Å². The molecule has 10 heteroatoms. The lowest BCUT2D eigenvalue weighted by Crippen LogP contribution is -2.40. The molecule has 184 valence electrons. The number of aromatic nitrogens is 2. The van der Waals surface area contributed by atoms with Crippen LogP contribution in [0.3, 0.4) is 0 Å². The predicted molar refractivity (Wildman–Crippen MR) is 126 cm³/mol. The summed E-state index contributed by atoms with van der Waals surface area (Å²) < 4.78 is 35.6. The Bertz CT molecular complexity index is 1150. The second-order valence-electron chi connectivity index (χ2n) is 9.36. The van der Waals surface area contributed by atoms with Crippen LogP contribution in [0.4, 0.5) is 0 Å². The van der Waals surface area contributed by atoms with Crippen LogP contribution in [-0.4, -0.2) is 61.3 Å². The van der Waals surface area contributed by atoms with Gasteiger partial charge in [0.25, 0.3) is 5.91 Å². The molecule has 1 fully saturated rings. The summed E-state index contributed by atoms with van der Waals surface area (Å²) >= 11 is 0. The monoisotopic (exact) mass is 489 g/mol. The fourth-order valence-corrected chi connectivity index (χ4v) is 5.48. The van der Waals surface area contributed by atoms with Gasteiger partial charge in [-0.05, 0) is 50.0 Å². The van der Waals surface area contributed by atoms with Crippen molar-refractivity contribution < 1.29 is 27.5 Å². The number of rotatable bonds is 6. The molecule has 3 heterocycles. The predicted octanol–water partition coefficient (Wildman–Crippen LogP) is 1.50. The van der Waals surface area contributed by atoms with Crippen molar-refractivity contribution in [2.24, 2.45) is 17.3 Å². The summed E-state index contributed by atoms with van der Waals surface area (Å²) in [7, 11) is -2.49. The Morgan fingerprint density at radius 1 is 1.35 bits per heavy atom. The summed E-state index contributed by atoms with van der Waals surface area (Å²) in [6.45, 7) is 6.64. The Balaban J connectivity index is 1.49. The number of allylic oxidation sites excluding steroid dienone is 3. The summed E-state index contributed by atoms with van der Waals surface area (Å²) in [4.78, 5) is 25.5. The van der Waals surface area contributed by atoms with Gasteiger partial charge in [0.2, 0.25) is 10.3 Å². The van der Waals surface area contributed by atoms with Gasteiger partial charge < -0.3 is 14.8 Å². The standard InChI is InChI=1S/C24H31N3O6S/c1-3-27-21-18(13-24(15-25-22(21)28)8-10-32-11-9-24)19(26-27)12-16(2)14-33-23(29)17-6-4-5-7-20(17)34(30)31/h4-7,16-17H,3,8-15H2,1-2H3,(H,25,28)/t16-,17?/m1/s1. The van der Waals surface area contributed by atoms with Crippen LogP contribution >= 0.6 is 0 Å². The van der Waals surface area contributed by atoms with Crippen molar-refractivity contribution in [1.82, 2.24) is 15.1 Å². The molecule has 2 atom stereocenters. The van der Waals surface area contributed by atoms with Crippen molar-refractivity contribution in [3.8, 4) is 0 Å². The van der Waals surface area contributed by atoms with Crippen LogP contribution in [0, 0.1) is 17.3 Å². The maximum Gasteiger partial charge on any atom is 0.318 e. The molecule has 4 rings (SSSR count). The van der Waals surface area contributed by atoms with Gasteiger partial charge in [-0.25, -0.2) is 0 Å². The molecule has 1 saturated heterocycles. The summed E-state index contributed by atoms with van der Waals surface area (Å²) in [6.07, 6.45) is 9.23. The number of carbonyl (C=O) groups is 2. The lowest BCUT2D eigenvalue weighted by atomic mass is 9.75. The summed E-state index contributed by atoms with van der Waals surface area (Å²) in [6, 6.07) is 0. The number of nitrogens with one attached hydrogen (secondary N) is 1. The number of ether oxygens (including phenoxy) is 2. The Kier molecular flexibility index (Phi) is 7.37. The van der Waals surface area contributed by atoms with Crippen molar-refractivity contribution in [1.29, 1.82) is 0 Å². The first kappa shape index (κ1) is 24.4. The highest BCUT2D eigenvalue weighted by molar-refractivity contribution is 7.73. The molecular weight excluding hydrogens is 458 g/mol. The van der Waals surface area contributed by atoms with Crippen LogP contribution in [0.5, 0.6) is 0 Å². The van der Waals surface area contributed by atoms with E-state index < -0.39 is 22.2 Å². The van der Waals surface area contributed by atoms with Crippen LogP contribution in [-0.2, 0) is 43.9 Å². The molecule has 0 bridgehead atoms. The number of hydrogen-bond acceptors (Lipinski definition) is 7. The van der Waals surface area contributed by atoms with E-state index in [9.17, 15) is 18.0 Å². The SMILES string of the molecule is CCn1nc(C[C@@H](C)COC(=O)C2C=CC=CC2=S(=O)=O)c2c1C(=O)NCC1(CCOCC1)C2. The fourth-order valence-electron chi connectivity index (χ4n) is 4.91. The average molecular weight is 490 g/mol. The molecule has 1 aliphatic carbocycles. The van der Waals surface area contributed by atoms with Crippen molar-refractivity contribution in [2.45, 2.75) is 46.1 Å². The van der Waals surface area contributed by atoms with Gasteiger partial charge in [-0.3, -0.25) is 14.3 Å². The molecule has 1 aromatic heterocycles. The lowest BCUT2D eigenvalue weighted by molar-refractivity contribution is -0.145. The Morgan fingerprint density at radius 3 is 2.82 bits per heavy atom. The Labute approximate surface area is 200 Å². The lowest BCUT2D eigenvalue weighted by Gasteiger charge is -2.36. The van der Waals surface area contributed by atoms with Gasteiger partial charge in [-0.1, -0.05) is 25.2 Å². The number of amides is 1. The third kappa shape index (κ3) is 5.02. The first-order chi connectivity index (χ1) is 16.3. The second-order valence-corrected chi connectivity index (χ2v) is 10.3. The summed E-state index contributed by atoms with van der Waals surface area (Å²) in [5.74, 6) is -1.67. The summed E-state index contributed by atoms with van der Waals surface area (Å²) in [5, 5.41) is 7.85. The van der Waals surface area contributed by atoms with Crippen LogP contribution in [0.1, 0.15) is 48.4 Å². The number of esters is 1. The summed E-state index contributed by atoms with van der Waals surface area (Å²) in [5.41, 5.74) is 2.43. The minimum Gasteiger partial charge on any atom is -0.465 e. The van der Waals surface area contributed by atoms with Gasteiger partial charge in [-0.2, -0.15) is 13.5 Å². The molecule has 1 spiro atoms. The molecule has 1 unspecified atom stereocenters. The van der Waals surface area contributed by atoms with E-state index in [-0.39, 0.29) is 28.7 Å². The third-order valence-corrected chi connectivity index (χ3v) is 7.63. The van der Waals surface area contributed by atoms with Gasteiger partial charge in [0.15, 0.2) is 0 Å². The zero-order valence-electron chi connectivity index (χ0n) is 19.6. The fraction of sp³-hybridized carbons (Fsp3) is 0.583. The van der Waals surface area contributed by atoms with Crippen molar-refractivity contribution >= 4 is 27.0 Å². The number of fused-ring (bicyclic) bond motifs is 1. The van der Waals surface area contributed by atoms with Crippen LogP contribution < -0.4 is 5.32 Å². The van der Waals surface area contributed by atoms with E-state index in [1.54, 1.807) is 16.8 Å². The zero-order valence-corrected chi connectivity index (χ0v) is 20.4. The number of hydrogen-bond donors (Lipinski definition) is 1. The Hall–Kier alpha value is -2.72. The van der Waals surface area contributed by atoms with Crippen LogP contribution in [0.2, 0.25) is 0 Å². The van der Waals surface area contributed by atoms with Crippen molar-refractivity contribution in [2.75, 3.05) is 26.4 Å². The topological polar surface area (TPSA) is 117 Å². The molecule has 9 nitrogen and oxygen atoms in total. The molecule has 1 aromatic rings. The van der Waals surface area contributed by atoms with Crippen LogP contribution in [0.25, 0.3) is 0 Å². The second kappa shape index (κ2) is 10.3. The number of nitrogens with zero attached hydrogens (tertiary/aromatic N) is 2. The zero-order chi connectivity index (χ0) is 24.3.